The number of ether oxygens (including phenoxy) is 2. The molecule has 5 rings (SSSR count). The Morgan fingerprint density at radius 3 is 2.67 bits per heavy atom. The van der Waals surface area contributed by atoms with Gasteiger partial charge in [0.05, 0.1) is 17.5 Å². The van der Waals surface area contributed by atoms with E-state index in [1.54, 1.807) is 7.11 Å². The smallest absolute Gasteiger partial charge is 0.151 e. The van der Waals surface area contributed by atoms with E-state index >= 15 is 0 Å². The Morgan fingerprint density at radius 1 is 1.15 bits per heavy atom. The van der Waals surface area contributed by atoms with E-state index in [0.717, 1.165) is 66.5 Å². The molecular weight excluding hydrogens is 482 g/mol. The van der Waals surface area contributed by atoms with Crippen LogP contribution in [0.4, 0.5) is 0 Å². The maximum Gasteiger partial charge on any atom is 0.151 e. The summed E-state index contributed by atoms with van der Waals surface area (Å²) in [4.78, 5) is 10.9. The third-order valence-electron chi connectivity index (χ3n) is 6.62. The molecule has 174 valence electrons. The van der Waals surface area contributed by atoms with Gasteiger partial charge in [-0.15, -0.1) is 0 Å². The van der Waals surface area contributed by atoms with Gasteiger partial charge in [0, 0.05) is 44.8 Å². The van der Waals surface area contributed by atoms with Crippen molar-refractivity contribution in [3.8, 4) is 11.5 Å². The van der Waals surface area contributed by atoms with Gasteiger partial charge in [-0.25, -0.2) is 0 Å². The largest absolute Gasteiger partial charge is 0.496 e. The van der Waals surface area contributed by atoms with E-state index in [9.17, 15) is 0 Å². The summed E-state index contributed by atoms with van der Waals surface area (Å²) in [7, 11) is 1.67. The normalized spacial score (nSPS) is 23.2. The van der Waals surface area contributed by atoms with Crippen LogP contribution in [0.2, 0.25) is 0 Å². The summed E-state index contributed by atoms with van der Waals surface area (Å²) in [5.41, 5.74) is 4.61. The van der Waals surface area contributed by atoms with Crippen molar-refractivity contribution < 1.29 is 14.3 Å². The zero-order valence-corrected chi connectivity index (χ0v) is 20.8. The van der Waals surface area contributed by atoms with Crippen molar-refractivity contribution in [2.24, 2.45) is 11.1 Å². The topological polar surface area (TPSA) is 46.5 Å². The molecule has 1 fully saturated rings. The Kier molecular flexibility index (Phi) is 6.71. The quantitative estimate of drug-likeness (QED) is 0.578. The van der Waals surface area contributed by atoms with E-state index in [2.05, 4.69) is 74.2 Å². The number of methoxy groups -OCH3 is 1. The van der Waals surface area contributed by atoms with Crippen LogP contribution in [0.5, 0.6) is 11.5 Å². The van der Waals surface area contributed by atoms with Gasteiger partial charge in [-0.1, -0.05) is 47.1 Å². The lowest BCUT2D eigenvalue weighted by Gasteiger charge is -2.36. The Hall–Kier alpha value is -2.35. The number of rotatable bonds is 6. The minimum Gasteiger partial charge on any atom is -0.496 e. The maximum absolute atomic E-state index is 6.07. The average Bonchev–Trinajstić information content (AvgIpc) is 3.23. The summed E-state index contributed by atoms with van der Waals surface area (Å²) in [5, 5.41) is 4.47. The van der Waals surface area contributed by atoms with Crippen molar-refractivity contribution in [2.45, 2.75) is 13.0 Å². The van der Waals surface area contributed by atoms with Crippen molar-refractivity contribution in [2.75, 3.05) is 53.0 Å². The van der Waals surface area contributed by atoms with E-state index in [1.807, 2.05) is 12.1 Å². The van der Waals surface area contributed by atoms with E-state index < -0.39 is 0 Å². The molecule has 1 saturated heterocycles. The Labute approximate surface area is 203 Å². The minimum atomic E-state index is 0.0223. The van der Waals surface area contributed by atoms with Crippen LogP contribution in [-0.2, 0) is 4.84 Å². The zero-order valence-electron chi connectivity index (χ0n) is 19.2. The molecule has 3 aliphatic rings. The Bertz CT molecular complexity index is 1050. The van der Waals surface area contributed by atoms with E-state index in [1.165, 1.54) is 11.1 Å². The summed E-state index contributed by atoms with van der Waals surface area (Å²) in [6.07, 6.45) is 2.31. The van der Waals surface area contributed by atoms with Gasteiger partial charge in [-0.2, -0.15) is 0 Å². The van der Waals surface area contributed by atoms with Crippen LogP contribution in [0.3, 0.4) is 0 Å². The van der Waals surface area contributed by atoms with Gasteiger partial charge >= 0.3 is 0 Å². The molecule has 3 heterocycles. The highest BCUT2D eigenvalue weighted by atomic mass is 79.9. The maximum atomic E-state index is 6.07. The van der Waals surface area contributed by atoms with Crippen LogP contribution < -0.4 is 9.47 Å². The first kappa shape index (κ1) is 22.4. The first-order valence-corrected chi connectivity index (χ1v) is 12.3. The SMILES string of the molecule is COc1cc2c(cc1Br)OCC1C2=NOC1CN1CCN(C/C(C)=C/c2ccccc2)CC1. The molecule has 0 aliphatic carbocycles. The third kappa shape index (κ3) is 4.95. The molecule has 33 heavy (non-hydrogen) atoms. The van der Waals surface area contributed by atoms with Gasteiger partial charge in [0.1, 0.15) is 23.8 Å². The molecular formula is C26H30BrN3O3. The van der Waals surface area contributed by atoms with E-state index in [0.29, 0.717) is 6.61 Å². The van der Waals surface area contributed by atoms with Crippen LogP contribution in [0.1, 0.15) is 18.1 Å². The summed E-state index contributed by atoms with van der Waals surface area (Å²) in [6, 6.07) is 14.5. The lowest BCUT2D eigenvalue weighted by molar-refractivity contribution is 0.0101. The fraction of sp³-hybridized carbons (Fsp3) is 0.423. The first-order valence-electron chi connectivity index (χ1n) is 11.5. The Morgan fingerprint density at radius 2 is 1.91 bits per heavy atom. The fourth-order valence-electron chi connectivity index (χ4n) is 4.84. The second-order valence-electron chi connectivity index (χ2n) is 9.00. The molecule has 6 nitrogen and oxygen atoms in total. The summed E-state index contributed by atoms with van der Waals surface area (Å²) >= 11 is 3.53. The van der Waals surface area contributed by atoms with E-state index in [-0.39, 0.29) is 12.0 Å². The van der Waals surface area contributed by atoms with Gasteiger partial charge in [-0.05, 0) is 40.5 Å². The second kappa shape index (κ2) is 9.87. The number of hydrogen-bond donors (Lipinski definition) is 0. The summed E-state index contributed by atoms with van der Waals surface area (Å²) < 4.78 is 12.4. The zero-order chi connectivity index (χ0) is 22.8. The number of halogens is 1. The van der Waals surface area contributed by atoms with Crippen molar-refractivity contribution >= 4 is 27.7 Å². The molecule has 2 unspecified atom stereocenters. The third-order valence-corrected chi connectivity index (χ3v) is 7.24. The molecule has 0 N–H and O–H groups in total. The van der Waals surface area contributed by atoms with Crippen LogP contribution in [-0.4, -0.2) is 74.6 Å². The Balaban J connectivity index is 1.15. The molecule has 3 aliphatic heterocycles. The molecule has 2 atom stereocenters. The first-order chi connectivity index (χ1) is 16.1. The molecule has 0 amide bonds. The number of piperazine rings is 1. The number of benzene rings is 2. The van der Waals surface area contributed by atoms with Crippen molar-refractivity contribution in [3.63, 3.8) is 0 Å². The van der Waals surface area contributed by atoms with E-state index in [4.69, 9.17) is 14.3 Å². The number of fused-ring (bicyclic) bond motifs is 3. The molecule has 0 saturated carbocycles. The molecule has 0 radical (unpaired) electrons. The van der Waals surface area contributed by atoms with Crippen LogP contribution in [0, 0.1) is 5.92 Å². The molecule has 0 aromatic heterocycles. The van der Waals surface area contributed by atoms with Crippen LogP contribution >= 0.6 is 15.9 Å². The van der Waals surface area contributed by atoms with Crippen LogP contribution in [0.25, 0.3) is 6.08 Å². The summed E-state index contributed by atoms with van der Waals surface area (Å²) in [6.45, 7) is 8.91. The van der Waals surface area contributed by atoms with Crippen molar-refractivity contribution in [3.05, 3.63) is 63.6 Å². The lowest BCUT2D eigenvalue weighted by Crippen LogP contribution is -2.50. The summed E-state index contributed by atoms with van der Waals surface area (Å²) in [5.74, 6) is 1.75. The van der Waals surface area contributed by atoms with Crippen molar-refractivity contribution in [1.82, 2.24) is 9.80 Å². The molecule has 7 heteroatoms. The minimum absolute atomic E-state index is 0.0223. The van der Waals surface area contributed by atoms with Gasteiger partial charge in [-0.3, -0.25) is 9.80 Å². The number of oxime groups is 1. The van der Waals surface area contributed by atoms with Crippen LogP contribution in [0.15, 0.2) is 57.7 Å². The molecule has 0 spiro atoms. The number of hydrogen-bond acceptors (Lipinski definition) is 6. The van der Waals surface area contributed by atoms with Gasteiger partial charge in [0.2, 0.25) is 0 Å². The highest BCUT2D eigenvalue weighted by Gasteiger charge is 2.41. The predicted molar refractivity (Wildman–Crippen MR) is 134 cm³/mol. The molecule has 2 aromatic rings. The highest BCUT2D eigenvalue weighted by Crippen LogP contribution is 2.39. The molecule has 2 aromatic carbocycles. The number of nitrogens with zero attached hydrogens (tertiary/aromatic N) is 3. The van der Waals surface area contributed by atoms with Gasteiger partial charge < -0.3 is 14.3 Å². The second-order valence-corrected chi connectivity index (χ2v) is 9.85. The molecule has 0 bridgehead atoms. The fourth-order valence-corrected chi connectivity index (χ4v) is 5.33. The lowest BCUT2D eigenvalue weighted by atomic mass is 9.90. The monoisotopic (exact) mass is 511 g/mol. The average molecular weight is 512 g/mol. The van der Waals surface area contributed by atoms with Gasteiger partial charge in [0.25, 0.3) is 0 Å². The van der Waals surface area contributed by atoms with Crippen molar-refractivity contribution in [1.29, 1.82) is 0 Å². The predicted octanol–water partition coefficient (Wildman–Crippen LogP) is 4.29. The standard InChI is InChI=1S/C26H30BrN3O3/c1-18(12-19-6-4-3-5-7-19)15-29-8-10-30(11-9-29)16-25-21-17-32-23-14-22(27)24(31-2)13-20(23)26(21)28-33-25/h3-7,12-14,21,25H,8-11,15-17H2,1-2H3/b18-12+. The van der Waals surface area contributed by atoms with Gasteiger partial charge in [0.15, 0.2) is 6.10 Å². The highest BCUT2D eigenvalue weighted by molar-refractivity contribution is 9.10.